The van der Waals surface area contributed by atoms with Crippen LogP contribution in [0.15, 0.2) is 42.5 Å². The maximum atomic E-state index is 13.7. The van der Waals surface area contributed by atoms with Crippen LogP contribution in [-0.2, 0) is 4.79 Å². The third-order valence-electron chi connectivity index (χ3n) is 7.26. The number of rotatable bonds is 3. The summed E-state index contributed by atoms with van der Waals surface area (Å²) in [6.45, 7) is 1.84. The Hall–Kier alpha value is -2.40. The van der Waals surface area contributed by atoms with Gasteiger partial charge in [-0.05, 0) is 67.5 Å². The zero-order valence-corrected chi connectivity index (χ0v) is 17.5. The van der Waals surface area contributed by atoms with E-state index in [0.717, 1.165) is 62.4 Å². The quantitative estimate of drug-likeness (QED) is 0.822. The van der Waals surface area contributed by atoms with Crippen LogP contribution in [0.3, 0.4) is 0 Å². The number of fused-ring (bicyclic) bond motifs is 2. The van der Waals surface area contributed by atoms with Crippen LogP contribution in [0.4, 0.5) is 0 Å². The molecule has 2 aromatic carbocycles. The molecule has 2 heterocycles. The van der Waals surface area contributed by atoms with Crippen molar-refractivity contribution in [2.45, 2.75) is 63.1 Å². The molecule has 2 amide bonds. The van der Waals surface area contributed by atoms with Gasteiger partial charge in [0.05, 0.1) is 0 Å². The summed E-state index contributed by atoms with van der Waals surface area (Å²) in [5.74, 6) is 0.493. The van der Waals surface area contributed by atoms with Crippen LogP contribution < -0.4 is 10.6 Å². The molecule has 0 unspecified atom stereocenters. The second-order valence-corrected chi connectivity index (χ2v) is 9.19. The van der Waals surface area contributed by atoms with E-state index in [1.165, 1.54) is 6.42 Å². The minimum Gasteiger partial charge on any atom is -0.350 e. The number of piperidine rings is 1. The smallest absolute Gasteiger partial charge is 0.254 e. The zero-order valence-electron chi connectivity index (χ0n) is 17.5. The van der Waals surface area contributed by atoms with Crippen molar-refractivity contribution in [2.75, 3.05) is 13.1 Å². The highest BCUT2D eigenvalue weighted by molar-refractivity contribution is 6.01. The predicted molar refractivity (Wildman–Crippen MR) is 118 cm³/mol. The second kappa shape index (κ2) is 8.38. The molecule has 2 saturated heterocycles. The van der Waals surface area contributed by atoms with Gasteiger partial charge in [0.15, 0.2) is 0 Å². The molecule has 5 heteroatoms. The van der Waals surface area contributed by atoms with Crippen molar-refractivity contribution in [1.82, 2.24) is 15.5 Å². The third kappa shape index (κ3) is 3.71. The van der Waals surface area contributed by atoms with Gasteiger partial charge in [0.2, 0.25) is 5.91 Å². The number of carbonyl (C=O) groups excluding carboxylic acids is 2. The van der Waals surface area contributed by atoms with E-state index in [1.54, 1.807) is 0 Å². The molecule has 3 fully saturated rings. The number of carbonyl (C=O) groups is 2. The summed E-state index contributed by atoms with van der Waals surface area (Å²) in [6, 6.07) is 14.0. The molecular formula is C25H31N3O2. The fraction of sp³-hybridized carbons (Fsp3) is 0.520. The molecule has 0 radical (unpaired) electrons. The Bertz CT molecular complexity index is 937. The molecule has 30 heavy (non-hydrogen) atoms. The first-order valence-electron chi connectivity index (χ1n) is 11.5. The van der Waals surface area contributed by atoms with Crippen LogP contribution in [-0.4, -0.2) is 47.9 Å². The first kappa shape index (κ1) is 19.6. The van der Waals surface area contributed by atoms with Crippen molar-refractivity contribution in [1.29, 1.82) is 0 Å². The summed E-state index contributed by atoms with van der Waals surface area (Å²) in [6.07, 6.45) is 7.39. The number of nitrogens with one attached hydrogen (secondary N) is 2. The maximum absolute atomic E-state index is 13.7. The van der Waals surface area contributed by atoms with E-state index in [0.29, 0.717) is 11.5 Å². The number of amides is 2. The van der Waals surface area contributed by atoms with E-state index >= 15 is 0 Å². The summed E-state index contributed by atoms with van der Waals surface area (Å²) in [4.78, 5) is 28.9. The maximum Gasteiger partial charge on any atom is 0.254 e. The van der Waals surface area contributed by atoms with Crippen LogP contribution in [0.1, 0.15) is 55.3 Å². The predicted octanol–water partition coefficient (Wildman–Crippen LogP) is 3.48. The Kier molecular flexibility index (Phi) is 5.47. The fourth-order valence-corrected chi connectivity index (χ4v) is 5.73. The van der Waals surface area contributed by atoms with Crippen LogP contribution >= 0.6 is 0 Å². The molecule has 0 spiro atoms. The van der Waals surface area contributed by atoms with E-state index < -0.39 is 0 Å². The molecule has 158 valence electrons. The molecule has 2 aromatic rings. The van der Waals surface area contributed by atoms with Crippen LogP contribution in [0.25, 0.3) is 10.8 Å². The van der Waals surface area contributed by atoms with E-state index in [1.807, 2.05) is 41.3 Å². The lowest BCUT2D eigenvalue weighted by Crippen LogP contribution is -2.54. The number of nitrogens with zero attached hydrogens (tertiary/aromatic N) is 1. The van der Waals surface area contributed by atoms with Gasteiger partial charge in [-0.1, -0.05) is 43.2 Å². The van der Waals surface area contributed by atoms with Gasteiger partial charge >= 0.3 is 0 Å². The number of likely N-dealkylation sites (tertiary alicyclic amines) is 1. The van der Waals surface area contributed by atoms with E-state index in [4.69, 9.17) is 0 Å². The Morgan fingerprint density at radius 2 is 1.80 bits per heavy atom. The van der Waals surface area contributed by atoms with Gasteiger partial charge < -0.3 is 15.5 Å². The molecule has 1 aliphatic carbocycles. The largest absolute Gasteiger partial charge is 0.350 e. The van der Waals surface area contributed by atoms with Gasteiger partial charge in [0.1, 0.15) is 6.04 Å². The molecule has 0 bridgehead atoms. The van der Waals surface area contributed by atoms with Crippen LogP contribution in [0, 0.1) is 5.92 Å². The molecule has 2 aliphatic heterocycles. The molecular weight excluding hydrogens is 374 g/mol. The molecule has 5 rings (SSSR count). The highest BCUT2D eigenvalue weighted by Gasteiger charge is 2.47. The van der Waals surface area contributed by atoms with E-state index in [2.05, 4.69) is 16.7 Å². The SMILES string of the molecule is O=C(N[C@@H]1CCCNC1)[C@@H]1C[C@@H]2CCCC[C@@H]2N1C(=O)c1ccc2ccccc2c1. The lowest BCUT2D eigenvalue weighted by molar-refractivity contribution is -0.126. The third-order valence-corrected chi connectivity index (χ3v) is 7.26. The zero-order chi connectivity index (χ0) is 20.5. The summed E-state index contributed by atoms with van der Waals surface area (Å²) in [5, 5.41) is 8.80. The van der Waals surface area contributed by atoms with Crippen molar-refractivity contribution >= 4 is 22.6 Å². The van der Waals surface area contributed by atoms with Crippen LogP contribution in [0.5, 0.6) is 0 Å². The van der Waals surface area contributed by atoms with E-state index in [-0.39, 0.29) is 29.9 Å². The molecule has 0 aromatic heterocycles. The van der Waals surface area contributed by atoms with Gasteiger partial charge in [0.25, 0.3) is 5.91 Å². The molecule has 4 atom stereocenters. The van der Waals surface area contributed by atoms with Crippen molar-refractivity contribution in [3.8, 4) is 0 Å². The lowest BCUT2D eigenvalue weighted by atomic mass is 9.84. The van der Waals surface area contributed by atoms with Gasteiger partial charge in [-0.25, -0.2) is 0 Å². The highest BCUT2D eigenvalue weighted by atomic mass is 16.2. The van der Waals surface area contributed by atoms with E-state index in [9.17, 15) is 9.59 Å². The van der Waals surface area contributed by atoms with Crippen molar-refractivity contribution < 1.29 is 9.59 Å². The molecule has 2 N–H and O–H groups in total. The monoisotopic (exact) mass is 405 g/mol. The Morgan fingerprint density at radius 3 is 2.63 bits per heavy atom. The average Bonchev–Trinajstić information content (AvgIpc) is 3.19. The first-order chi connectivity index (χ1) is 14.7. The number of hydrogen-bond donors (Lipinski definition) is 2. The summed E-state index contributed by atoms with van der Waals surface area (Å²) < 4.78 is 0. The van der Waals surface area contributed by atoms with Gasteiger partial charge in [0, 0.05) is 24.2 Å². The Morgan fingerprint density at radius 1 is 0.967 bits per heavy atom. The number of hydrogen-bond acceptors (Lipinski definition) is 3. The highest BCUT2D eigenvalue weighted by Crippen LogP contribution is 2.40. The molecule has 5 nitrogen and oxygen atoms in total. The summed E-state index contributed by atoms with van der Waals surface area (Å²) >= 11 is 0. The number of benzene rings is 2. The summed E-state index contributed by atoms with van der Waals surface area (Å²) in [5.41, 5.74) is 0.692. The normalized spacial score (nSPS) is 28.9. The van der Waals surface area contributed by atoms with Crippen molar-refractivity contribution in [2.24, 2.45) is 5.92 Å². The molecule has 3 aliphatic rings. The molecule has 1 saturated carbocycles. The average molecular weight is 406 g/mol. The van der Waals surface area contributed by atoms with Gasteiger partial charge in [-0.2, -0.15) is 0 Å². The van der Waals surface area contributed by atoms with Crippen LogP contribution in [0.2, 0.25) is 0 Å². The van der Waals surface area contributed by atoms with Crippen molar-refractivity contribution in [3.05, 3.63) is 48.0 Å². The second-order valence-electron chi connectivity index (χ2n) is 9.19. The minimum atomic E-state index is -0.348. The fourth-order valence-electron chi connectivity index (χ4n) is 5.73. The van der Waals surface area contributed by atoms with Crippen molar-refractivity contribution in [3.63, 3.8) is 0 Å². The topological polar surface area (TPSA) is 61.4 Å². The standard InChI is InChI=1S/C25H31N3O2/c29-24(27-21-9-5-13-26-16-21)23-15-19-8-3-4-10-22(19)28(23)25(30)20-12-11-17-6-1-2-7-18(17)14-20/h1-2,6-7,11-12,14,19,21-23,26H,3-5,8-10,13,15-16H2,(H,27,29)/t19-,21+,22-,23-/m0/s1. The van der Waals surface area contributed by atoms with Gasteiger partial charge in [-0.15, -0.1) is 0 Å². The Balaban J connectivity index is 1.42. The lowest BCUT2D eigenvalue weighted by Gasteiger charge is -2.34. The van der Waals surface area contributed by atoms with Gasteiger partial charge in [-0.3, -0.25) is 9.59 Å². The minimum absolute atomic E-state index is 0.0112. The first-order valence-corrected chi connectivity index (χ1v) is 11.5. The summed E-state index contributed by atoms with van der Waals surface area (Å²) in [7, 11) is 0. The Labute approximate surface area is 178 Å².